The summed E-state index contributed by atoms with van der Waals surface area (Å²) in [6.07, 6.45) is 0.770. The average Bonchev–Trinajstić information content (AvgIpc) is 2.68. The highest BCUT2D eigenvalue weighted by Gasteiger charge is 2.38. The van der Waals surface area contributed by atoms with Gasteiger partial charge in [0, 0.05) is 12.0 Å². The summed E-state index contributed by atoms with van der Waals surface area (Å²) in [5.74, 6) is -0.320. The molecule has 0 amide bonds. The standard InChI is InChI=1S/C9H14O3/c1-7(2)8(10)11-5-4-9(3)6-12-9/h1,4-6H2,2-3H3. The molecule has 0 radical (unpaired) electrons. The molecule has 0 aromatic carbocycles. The number of hydrogen-bond acceptors (Lipinski definition) is 3. The normalized spacial score (nSPS) is 26.5. The molecule has 1 aliphatic heterocycles. The summed E-state index contributed by atoms with van der Waals surface area (Å²) in [6.45, 7) is 8.31. The van der Waals surface area contributed by atoms with Gasteiger partial charge in [0.1, 0.15) is 0 Å². The van der Waals surface area contributed by atoms with Crippen LogP contribution in [0.5, 0.6) is 0 Å². The maximum absolute atomic E-state index is 10.9. The first-order valence-electron chi connectivity index (χ1n) is 4.00. The molecule has 1 heterocycles. The zero-order valence-electron chi connectivity index (χ0n) is 7.55. The molecule has 1 aliphatic rings. The third-order valence-corrected chi connectivity index (χ3v) is 1.85. The van der Waals surface area contributed by atoms with E-state index in [1.807, 2.05) is 6.92 Å². The predicted molar refractivity (Wildman–Crippen MR) is 44.7 cm³/mol. The van der Waals surface area contributed by atoms with E-state index in [2.05, 4.69) is 6.58 Å². The lowest BCUT2D eigenvalue weighted by molar-refractivity contribution is -0.139. The fourth-order valence-electron chi connectivity index (χ4n) is 0.750. The Morgan fingerprint density at radius 1 is 1.75 bits per heavy atom. The van der Waals surface area contributed by atoms with Crippen LogP contribution in [0, 0.1) is 0 Å². The highest BCUT2D eigenvalue weighted by Crippen LogP contribution is 2.29. The van der Waals surface area contributed by atoms with Crippen LogP contribution in [0.25, 0.3) is 0 Å². The van der Waals surface area contributed by atoms with Crippen molar-refractivity contribution in [2.45, 2.75) is 25.9 Å². The third-order valence-electron chi connectivity index (χ3n) is 1.85. The van der Waals surface area contributed by atoms with Crippen molar-refractivity contribution < 1.29 is 14.3 Å². The van der Waals surface area contributed by atoms with Gasteiger partial charge in [0.25, 0.3) is 0 Å². The quantitative estimate of drug-likeness (QED) is 0.362. The SMILES string of the molecule is C=C(C)C(=O)OCCC1(C)CO1. The first kappa shape index (κ1) is 9.26. The summed E-state index contributed by atoms with van der Waals surface area (Å²) in [5.41, 5.74) is 0.409. The second kappa shape index (κ2) is 3.27. The van der Waals surface area contributed by atoms with Crippen LogP contribution in [-0.2, 0) is 14.3 Å². The minimum Gasteiger partial charge on any atom is -0.462 e. The lowest BCUT2D eigenvalue weighted by Gasteiger charge is -2.05. The number of ether oxygens (including phenoxy) is 2. The number of esters is 1. The Bertz CT molecular complexity index is 204. The lowest BCUT2D eigenvalue weighted by atomic mass is 10.1. The number of hydrogen-bond donors (Lipinski definition) is 0. The first-order chi connectivity index (χ1) is 5.53. The molecule has 0 bridgehead atoms. The highest BCUT2D eigenvalue weighted by molar-refractivity contribution is 5.86. The average molecular weight is 170 g/mol. The maximum atomic E-state index is 10.9. The van der Waals surface area contributed by atoms with E-state index in [0.717, 1.165) is 13.0 Å². The molecule has 3 nitrogen and oxygen atoms in total. The van der Waals surface area contributed by atoms with Gasteiger partial charge in [-0.25, -0.2) is 4.79 Å². The van der Waals surface area contributed by atoms with Gasteiger partial charge in [-0.1, -0.05) is 6.58 Å². The maximum Gasteiger partial charge on any atom is 0.333 e. The van der Waals surface area contributed by atoms with Gasteiger partial charge in [-0.05, 0) is 13.8 Å². The largest absolute Gasteiger partial charge is 0.462 e. The minimum absolute atomic E-state index is 0.0324. The van der Waals surface area contributed by atoms with Gasteiger partial charge < -0.3 is 9.47 Å². The number of rotatable bonds is 4. The van der Waals surface area contributed by atoms with Crippen molar-refractivity contribution in [3.05, 3.63) is 12.2 Å². The van der Waals surface area contributed by atoms with Crippen molar-refractivity contribution in [3.63, 3.8) is 0 Å². The van der Waals surface area contributed by atoms with Gasteiger partial charge in [-0.15, -0.1) is 0 Å². The highest BCUT2D eigenvalue weighted by atomic mass is 16.6. The summed E-state index contributed by atoms with van der Waals surface area (Å²) in [6, 6.07) is 0. The van der Waals surface area contributed by atoms with Crippen LogP contribution in [0.3, 0.4) is 0 Å². The predicted octanol–water partition coefficient (Wildman–Crippen LogP) is 1.28. The molecular formula is C9H14O3. The summed E-state index contributed by atoms with van der Waals surface area (Å²) >= 11 is 0. The first-order valence-corrected chi connectivity index (χ1v) is 4.00. The molecule has 1 fully saturated rings. The number of carbonyl (C=O) groups is 1. The summed E-state index contributed by atoms with van der Waals surface area (Å²) < 4.78 is 10.0. The Balaban J connectivity index is 2.10. The Hall–Kier alpha value is -0.830. The monoisotopic (exact) mass is 170 g/mol. The van der Waals surface area contributed by atoms with Gasteiger partial charge in [-0.3, -0.25) is 0 Å². The van der Waals surface area contributed by atoms with E-state index in [0.29, 0.717) is 12.2 Å². The van der Waals surface area contributed by atoms with E-state index in [1.165, 1.54) is 0 Å². The molecule has 1 saturated heterocycles. The molecule has 1 unspecified atom stereocenters. The second-order valence-electron chi connectivity index (χ2n) is 3.40. The van der Waals surface area contributed by atoms with Gasteiger partial charge in [0.05, 0.1) is 18.8 Å². The molecule has 68 valence electrons. The van der Waals surface area contributed by atoms with Crippen LogP contribution in [0.1, 0.15) is 20.3 Å². The topological polar surface area (TPSA) is 38.8 Å². The van der Waals surface area contributed by atoms with Crippen molar-refractivity contribution >= 4 is 5.97 Å². The fraction of sp³-hybridized carbons (Fsp3) is 0.667. The third kappa shape index (κ3) is 2.66. The van der Waals surface area contributed by atoms with E-state index < -0.39 is 0 Å². The molecule has 0 spiro atoms. The molecule has 0 aromatic rings. The van der Waals surface area contributed by atoms with Gasteiger partial charge in [0.15, 0.2) is 0 Å². The lowest BCUT2D eigenvalue weighted by Crippen LogP contribution is -2.13. The molecule has 3 heteroatoms. The Kier molecular flexibility index (Phi) is 2.52. The van der Waals surface area contributed by atoms with E-state index in [1.54, 1.807) is 6.92 Å². The van der Waals surface area contributed by atoms with E-state index in [9.17, 15) is 4.79 Å². The number of epoxide rings is 1. The minimum atomic E-state index is -0.320. The van der Waals surface area contributed by atoms with Crippen LogP contribution in [-0.4, -0.2) is 24.8 Å². The summed E-state index contributed by atoms with van der Waals surface area (Å²) in [7, 11) is 0. The van der Waals surface area contributed by atoms with E-state index in [4.69, 9.17) is 9.47 Å². The van der Waals surface area contributed by atoms with E-state index in [-0.39, 0.29) is 11.6 Å². The summed E-state index contributed by atoms with van der Waals surface area (Å²) in [5, 5.41) is 0. The van der Waals surface area contributed by atoms with Crippen molar-refractivity contribution in [3.8, 4) is 0 Å². The molecule has 1 atom stereocenters. The van der Waals surface area contributed by atoms with Crippen LogP contribution in [0.4, 0.5) is 0 Å². The van der Waals surface area contributed by atoms with Crippen molar-refractivity contribution in [2.75, 3.05) is 13.2 Å². The van der Waals surface area contributed by atoms with Crippen molar-refractivity contribution in [1.29, 1.82) is 0 Å². The van der Waals surface area contributed by atoms with Crippen LogP contribution >= 0.6 is 0 Å². The second-order valence-corrected chi connectivity index (χ2v) is 3.40. The Morgan fingerprint density at radius 2 is 2.33 bits per heavy atom. The molecular weight excluding hydrogens is 156 g/mol. The smallest absolute Gasteiger partial charge is 0.333 e. The summed E-state index contributed by atoms with van der Waals surface area (Å²) in [4.78, 5) is 10.9. The molecule has 0 aliphatic carbocycles. The van der Waals surface area contributed by atoms with Crippen molar-refractivity contribution in [1.82, 2.24) is 0 Å². The molecule has 0 N–H and O–H groups in total. The van der Waals surface area contributed by atoms with Gasteiger partial charge >= 0.3 is 5.97 Å². The van der Waals surface area contributed by atoms with Crippen molar-refractivity contribution in [2.24, 2.45) is 0 Å². The van der Waals surface area contributed by atoms with Crippen LogP contribution < -0.4 is 0 Å². The van der Waals surface area contributed by atoms with E-state index >= 15 is 0 Å². The molecule has 0 aromatic heterocycles. The number of carbonyl (C=O) groups excluding carboxylic acids is 1. The zero-order chi connectivity index (χ0) is 9.19. The van der Waals surface area contributed by atoms with Crippen LogP contribution in [0.15, 0.2) is 12.2 Å². The fourth-order valence-corrected chi connectivity index (χ4v) is 0.750. The Labute approximate surface area is 72.4 Å². The zero-order valence-corrected chi connectivity index (χ0v) is 7.55. The van der Waals surface area contributed by atoms with Gasteiger partial charge in [-0.2, -0.15) is 0 Å². The molecule has 1 rings (SSSR count). The van der Waals surface area contributed by atoms with Crippen LogP contribution in [0.2, 0.25) is 0 Å². The molecule has 12 heavy (non-hydrogen) atoms. The molecule has 0 saturated carbocycles. The Morgan fingerprint density at radius 3 is 2.75 bits per heavy atom. The van der Waals surface area contributed by atoms with Gasteiger partial charge in [0.2, 0.25) is 0 Å².